The van der Waals surface area contributed by atoms with Gasteiger partial charge >= 0.3 is 6.09 Å². The van der Waals surface area contributed by atoms with Crippen molar-refractivity contribution in [3.63, 3.8) is 0 Å². The molecule has 4 atom stereocenters. The number of anilines is 1. The number of nitrogens with zero attached hydrogens (tertiary/aromatic N) is 5. The van der Waals surface area contributed by atoms with E-state index in [1.807, 2.05) is 0 Å². The third-order valence-corrected chi connectivity index (χ3v) is 8.44. The fraction of sp³-hybridized carbons (Fsp3) is 0.464. The summed E-state index contributed by atoms with van der Waals surface area (Å²) in [5.74, 6) is 6.42. The van der Waals surface area contributed by atoms with Gasteiger partial charge < -0.3 is 35.6 Å². The van der Waals surface area contributed by atoms with E-state index in [4.69, 9.17) is 38.4 Å². The van der Waals surface area contributed by atoms with Gasteiger partial charge in [0.2, 0.25) is 5.82 Å². The number of nitrogen functional groups attached to an aromatic ring is 1. The average molecular weight is 630 g/mol. The molecule has 2 saturated heterocycles. The number of ether oxygens (including phenoxy) is 2. The standard InChI is InChI=1S/C28H29Cl2N7O6/c29-17-7-6-16(12-18(17)30)42-28(41)36-10-8-14(9-11-36)2-1-3-19-34-24(31)20-25(35-19)37(13-32-20)27-22(39)21(38)23(43-27)26(40)33-15-4-5-15/h6-7,12-15,21-23,27,38-39H,2,4-5,8-11H2,(H,33,40)(H2,31,34,35)/t21?,22?,23-,27+/m0/s1. The molecule has 3 aliphatic rings. The molecule has 2 amide bonds. The molecule has 13 nitrogen and oxygen atoms in total. The first kappa shape index (κ1) is 29.4. The predicted molar refractivity (Wildman–Crippen MR) is 155 cm³/mol. The first-order chi connectivity index (χ1) is 20.7. The van der Waals surface area contributed by atoms with Crippen molar-refractivity contribution in [1.29, 1.82) is 0 Å². The summed E-state index contributed by atoms with van der Waals surface area (Å²) in [5, 5.41) is 24.6. The summed E-state index contributed by atoms with van der Waals surface area (Å²) in [6.45, 7) is 1.05. The van der Waals surface area contributed by atoms with Crippen molar-refractivity contribution in [1.82, 2.24) is 29.7 Å². The summed E-state index contributed by atoms with van der Waals surface area (Å²) in [4.78, 5) is 39.6. The number of imidazole rings is 1. The number of nitrogens with one attached hydrogen (secondary N) is 1. The van der Waals surface area contributed by atoms with Gasteiger partial charge in [-0.15, -0.1) is 0 Å². The zero-order valence-electron chi connectivity index (χ0n) is 22.8. The first-order valence-electron chi connectivity index (χ1n) is 13.9. The van der Waals surface area contributed by atoms with Crippen molar-refractivity contribution >= 4 is 52.2 Å². The van der Waals surface area contributed by atoms with Gasteiger partial charge in [-0.3, -0.25) is 9.36 Å². The lowest BCUT2D eigenvalue weighted by Gasteiger charge is -2.30. The van der Waals surface area contributed by atoms with Crippen LogP contribution in [0.5, 0.6) is 5.75 Å². The number of fused-ring (bicyclic) bond motifs is 1. The van der Waals surface area contributed by atoms with Crippen molar-refractivity contribution in [2.75, 3.05) is 18.8 Å². The Morgan fingerprint density at radius 3 is 2.60 bits per heavy atom. The molecule has 2 aromatic heterocycles. The Morgan fingerprint density at radius 2 is 1.88 bits per heavy atom. The summed E-state index contributed by atoms with van der Waals surface area (Å²) in [7, 11) is 0. The number of aliphatic hydroxyl groups is 2. The number of piperidine rings is 1. The smallest absolute Gasteiger partial charge is 0.410 e. The SMILES string of the molecule is Nc1nc(C#CCC2CCN(C(=O)Oc3ccc(Cl)c(Cl)c3)CC2)nc2c1ncn2[C@@H]1O[C@H](C(=O)NC2CC2)C(O)C1O. The molecular weight excluding hydrogens is 601 g/mol. The van der Waals surface area contributed by atoms with Crippen LogP contribution in [0.15, 0.2) is 24.5 Å². The van der Waals surface area contributed by atoms with Crippen molar-refractivity contribution < 1.29 is 29.3 Å². The fourth-order valence-corrected chi connectivity index (χ4v) is 5.39. The maximum Gasteiger partial charge on any atom is 0.415 e. The molecule has 6 rings (SSSR count). The number of amides is 2. The molecule has 0 spiro atoms. The van der Waals surface area contributed by atoms with Crippen LogP contribution in [0.25, 0.3) is 11.2 Å². The molecule has 0 bridgehead atoms. The number of likely N-dealkylation sites (tertiary alicyclic amines) is 1. The van der Waals surface area contributed by atoms with Crippen molar-refractivity contribution in [2.45, 2.75) is 62.7 Å². The highest BCUT2D eigenvalue weighted by Gasteiger charge is 2.48. The number of carbonyl (C=O) groups excluding carboxylic acids is 2. The minimum atomic E-state index is -1.43. The number of hydrogen-bond donors (Lipinski definition) is 4. The highest BCUT2D eigenvalue weighted by Crippen LogP contribution is 2.33. The molecule has 1 saturated carbocycles. The van der Waals surface area contributed by atoms with E-state index in [1.165, 1.54) is 17.0 Å². The Kier molecular flexibility index (Phi) is 8.30. The van der Waals surface area contributed by atoms with Crippen molar-refractivity contribution in [2.24, 2.45) is 5.92 Å². The molecule has 3 fully saturated rings. The summed E-state index contributed by atoms with van der Waals surface area (Å²) in [6, 6.07) is 4.74. The molecular formula is C28H29Cl2N7O6. The zero-order chi connectivity index (χ0) is 30.2. The maximum absolute atomic E-state index is 12.5. The summed E-state index contributed by atoms with van der Waals surface area (Å²) < 4.78 is 12.6. The van der Waals surface area contributed by atoms with Crippen LogP contribution in [0.1, 0.15) is 44.2 Å². The van der Waals surface area contributed by atoms with Gasteiger partial charge in [-0.05, 0) is 49.7 Å². The van der Waals surface area contributed by atoms with E-state index >= 15 is 0 Å². The Hall–Kier alpha value is -3.67. The second kappa shape index (κ2) is 12.1. The molecule has 4 heterocycles. The van der Waals surface area contributed by atoms with Crippen LogP contribution in [0.2, 0.25) is 10.0 Å². The molecule has 1 aliphatic carbocycles. The van der Waals surface area contributed by atoms with Gasteiger partial charge in [-0.25, -0.2) is 19.7 Å². The second-order valence-electron chi connectivity index (χ2n) is 10.8. The molecule has 3 aromatic rings. The lowest BCUT2D eigenvalue weighted by molar-refractivity contribution is -0.137. The van der Waals surface area contributed by atoms with Gasteiger partial charge in [0, 0.05) is 31.6 Å². The maximum atomic E-state index is 12.5. The molecule has 2 aliphatic heterocycles. The van der Waals surface area contributed by atoms with E-state index in [-0.39, 0.29) is 34.8 Å². The molecule has 0 radical (unpaired) electrons. The number of hydrogen-bond acceptors (Lipinski definition) is 10. The molecule has 15 heteroatoms. The third-order valence-electron chi connectivity index (χ3n) is 7.70. The van der Waals surface area contributed by atoms with E-state index in [0.717, 1.165) is 25.7 Å². The van der Waals surface area contributed by atoms with Crippen LogP contribution >= 0.6 is 23.2 Å². The number of benzene rings is 1. The molecule has 2 unspecified atom stereocenters. The Bertz CT molecular complexity index is 1610. The van der Waals surface area contributed by atoms with E-state index in [0.29, 0.717) is 35.3 Å². The van der Waals surface area contributed by atoms with Gasteiger partial charge in [0.1, 0.15) is 23.5 Å². The van der Waals surface area contributed by atoms with Crippen LogP contribution in [0, 0.1) is 17.8 Å². The summed E-state index contributed by atoms with van der Waals surface area (Å²) >= 11 is 11.9. The van der Waals surface area contributed by atoms with Crippen LogP contribution in [0.4, 0.5) is 10.6 Å². The number of carbonyl (C=O) groups is 2. The second-order valence-corrected chi connectivity index (χ2v) is 11.7. The highest BCUT2D eigenvalue weighted by molar-refractivity contribution is 6.42. The molecule has 5 N–H and O–H groups in total. The van der Waals surface area contributed by atoms with Gasteiger partial charge in [0.15, 0.2) is 23.8 Å². The Labute approximate surface area is 256 Å². The number of aromatic nitrogens is 4. The van der Waals surface area contributed by atoms with Gasteiger partial charge in [-0.1, -0.05) is 29.1 Å². The highest BCUT2D eigenvalue weighted by atomic mass is 35.5. The largest absolute Gasteiger partial charge is 0.415 e. The van der Waals surface area contributed by atoms with Crippen LogP contribution < -0.4 is 15.8 Å². The average Bonchev–Trinajstić information content (AvgIpc) is 3.62. The van der Waals surface area contributed by atoms with E-state index in [9.17, 15) is 19.8 Å². The van der Waals surface area contributed by atoms with Crippen LogP contribution in [0.3, 0.4) is 0 Å². The van der Waals surface area contributed by atoms with E-state index < -0.39 is 36.5 Å². The zero-order valence-corrected chi connectivity index (χ0v) is 24.3. The van der Waals surface area contributed by atoms with E-state index in [1.54, 1.807) is 17.0 Å². The molecule has 43 heavy (non-hydrogen) atoms. The number of aliphatic hydroxyl groups excluding tert-OH is 2. The Balaban J connectivity index is 1.07. The first-order valence-corrected chi connectivity index (χ1v) is 14.7. The normalized spacial score (nSPS) is 24.0. The van der Waals surface area contributed by atoms with E-state index in [2.05, 4.69) is 32.1 Å². The van der Waals surface area contributed by atoms with Gasteiger partial charge in [0.05, 0.1) is 16.4 Å². The predicted octanol–water partition coefficient (Wildman–Crippen LogP) is 2.27. The fourth-order valence-electron chi connectivity index (χ4n) is 5.10. The van der Waals surface area contributed by atoms with Crippen LogP contribution in [-0.4, -0.2) is 84.1 Å². The number of nitrogens with two attached hydrogens (primary N) is 1. The number of rotatable bonds is 5. The van der Waals surface area contributed by atoms with Crippen molar-refractivity contribution in [3.8, 4) is 17.6 Å². The lowest BCUT2D eigenvalue weighted by atomic mass is 9.94. The third kappa shape index (κ3) is 6.34. The monoisotopic (exact) mass is 629 g/mol. The topological polar surface area (TPSA) is 178 Å². The number of halogens is 2. The van der Waals surface area contributed by atoms with Crippen LogP contribution in [-0.2, 0) is 9.53 Å². The van der Waals surface area contributed by atoms with Crippen molar-refractivity contribution in [3.05, 3.63) is 40.4 Å². The summed E-state index contributed by atoms with van der Waals surface area (Å²) in [6.07, 6.45) is -0.448. The lowest BCUT2D eigenvalue weighted by Crippen LogP contribution is -2.43. The molecule has 226 valence electrons. The van der Waals surface area contributed by atoms with Gasteiger partial charge in [-0.2, -0.15) is 0 Å². The molecule has 1 aromatic carbocycles. The van der Waals surface area contributed by atoms with Gasteiger partial charge in [0.25, 0.3) is 5.91 Å². The quantitative estimate of drug-likeness (QED) is 0.306. The summed E-state index contributed by atoms with van der Waals surface area (Å²) in [5.41, 5.74) is 6.66. The minimum absolute atomic E-state index is 0.0754. The minimum Gasteiger partial charge on any atom is -0.410 e. The Morgan fingerprint density at radius 1 is 1.12 bits per heavy atom.